The molecule has 106 valence electrons. The molecule has 0 bridgehead atoms. The maximum absolute atomic E-state index is 13.2. The molecule has 0 aliphatic carbocycles. The molecule has 1 unspecified atom stereocenters. The minimum atomic E-state index is -4.80. The number of hydrogen-bond donors (Lipinski definition) is 1. The third kappa shape index (κ3) is 2.80. The molecular formula is C14H11F4NO. The number of aryl methyl sites for hydroxylation is 1. The van der Waals surface area contributed by atoms with Crippen LogP contribution < -0.4 is 0 Å². The molecule has 1 heterocycles. The number of aromatic nitrogens is 1. The lowest BCUT2D eigenvalue weighted by Crippen LogP contribution is -2.10. The molecule has 0 aliphatic rings. The Hall–Kier alpha value is -1.95. The summed E-state index contributed by atoms with van der Waals surface area (Å²) >= 11 is 0. The summed E-state index contributed by atoms with van der Waals surface area (Å²) in [7, 11) is 0. The average Bonchev–Trinajstić information content (AvgIpc) is 2.37. The summed E-state index contributed by atoms with van der Waals surface area (Å²) < 4.78 is 51.1. The van der Waals surface area contributed by atoms with E-state index in [9.17, 15) is 22.7 Å². The number of aliphatic hydroxyl groups is 1. The first-order valence-corrected chi connectivity index (χ1v) is 5.76. The van der Waals surface area contributed by atoms with E-state index in [1.54, 1.807) is 6.92 Å². The zero-order valence-corrected chi connectivity index (χ0v) is 10.4. The second-order valence-corrected chi connectivity index (χ2v) is 4.37. The Labute approximate surface area is 112 Å². The molecule has 0 saturated carbocycles. The van der Waals surface area contributed by atoms with Crippen molar-refractivity contribution >= 4 is 0 Å². The van der Waals surface area contributed by atoms with Crippen LogP contribution in [0.25, 0.3) is 0 Å². The molecule has 0 aliphatic heterocycles. The number of nitrogens with zero attached hydrogens (tertiary/aromatic N) is 1. The van der Waals surface area contributed by atoms with Crippen molar-refractivity contribution in [3.8, 4) is 0 Å². The second-order valence-electron chi connectivity index (χ2n) is 4.37. The normalized spacial score (nSPS) is 13.3. The Bertz CT molecular complexity index is 625. The molecule has 1 aromatic carbocycles. The zero-order chi connectivity index (χ0) is 14.9. The first-order valence-electron chi connectivity index (χ1n) is 5.76. The quantitative estimate of drug-likeness (QED) is 0.855. The number of benzene rings is 1. The fraction of sp³-hybridized carbons (Fsp3) is 0.214. The fourth-order valence-electron chi connectivity index (χ4n) is 1.90. The highest BCUT2D eigenvalue weighted by Crippen LogP contribution is 2.34. The maximum Gasteiger partial charge on any atom is 0.419 e. The summed E-state index contributed by atoms with van der Waals surface area (Å²) in [6.45, 7) is 1.68. The number of rotatable bonds is 2. The molecular weight excluding hydrogens is 274 g/mol. The molecule has 1 atom stereocenters. The van der Waals surface area contributed by atoms with Crippen molar-refractivity contribution < 1.29 is 22.7 Å². The summed E-state index contributed by atoms with van der Waals surface area (Å²) in [5.41, 5.74) is -0.341. The van der Waals surface area contributed by atoms with Crippen LogP contribution in [0.2, 0.25) is 0 Å². The highest BCUT2D eigenvalue weighted by molar-refractivity contribution is 5.36. The summed E-state index contributed by atoms with van der Waals surface area (Å²) in [5, 5.41) is 10.1. The molecule has 2 nitrogen and oxygen atoms in total. The van der Waals surface area contributed by atoms with Gasteiger partial charge in [0.1, 0.15) is 11.9 Å². The standard InChI is InChI=1S/C14H11F4NO/c1-8-7-19-5-4-10(8)13(20)9-2-3-12(15)11(6-9)14(16,17)18/h2-7,13,20H,1H3. The maximum atomic E-state index is 13.2. The predicted octanol–water partition coefficient (Wildman–Crippen LogP) is 3.63. The largest absolute Gasteiger partial charge is 0.419 e. The van der Waals surface area contributed by atoms with Gasteiger partial charge in [-0.3, -0.25) is 4.98 Å². The number of hydrogen-bond acceptors (Lipinski definition) is 2. The van der Waals surface area contributed by atoms with Gasteiger partial charge in [0.25, 0.3) is 0 Å². The van der Waals surface area contributed by atoms with Crippen LogP contribution in [0.15, 0.2) is 36.7 Å². The van der Waals surface area contributed by atoms with E-state index in [4.69, 9.17) is 0 Å². The van der Waals surface area contributed by atoms with Crippen LogP contribution in [0.4, 0.5) is 17.6 Å². The van der Waals surface area contributed by atoms with Gasteiger partial charge in [-0.2, -0.15) is 13.2 Å². The second kappa shape index (κ2) is 5.20. The van der Waals surface area contributed by atoms with Gasteiger partial charge in [-0.05, 0) is 41.8 Å². The van der Waals surface area contributed by atoms with Crippen LogP contribution >= 0.6 is 0 Å². The smallest absolute Gasteiger partial charge is 0.384 e. The topological polar surface area (TPSA) is 33.1 Å². The minimum absolute atomic E-state index is 0.0203. The lowest BCUT2D eigenvalue weighted by atomic mass is 9.97. The number of alkyl halides is 3. The third-order valence-electron chi connectivity index (χ3n) is 2.97. The molecule has 0 fully saturated rings. The number of halogens is 4. The Morgan fingerprint density at radius 2 is 1.90 bits per heavy atom. The zero-order valence-electron chi connectivity index (χ0n) is 10.4. The summed E-state index contributed by atoms with van der Waals surface area (Å²) in [6.07, 6.45) is -3.14. The Balaban J connectivity index is 2.46. The van der Waals surface area contributed by atoms with Gasteiger partial charge in [0.05, 0.1) is 5.56 Å². The molecule has 1 aromatic heterocycles. The van der Waals surface area contributed by atoms with Crippen molar-refractivity contribution in [3.05, 3.63) is 64.7 Å². The summed E-state index contributed by atoms with van der Waals surface area (Å²) in [4.78, 5) is 3.84. The number of aliphatic hydroxyl groups excluding tert-OH is 1. The van der Waals surface area contributed by atoms with Gasteiger partial charge in [-0.25, -0.2) is 4.39 Å². The van der Waals surface area contributed by atoms with Gasteiger partial charge in [-0.15, -0.1) is 0 Å². The molecule has 20 heavy (non-hydrogen) atoms. The van der Waals surface area contributed by atoms with E-state index >= 15 is 0 Å². The molecule has 1 N–H and O–H groups in total. The van der Waals surface area contributed by atoms with Gasteiger partial charge in [-0.1, -0.05) is 6.07 Å². The molecule has 2 rings (SSSR count). The average molecular weight is 285 g/mol. The van der Waals surface area contributed by atoms with Crippen LogP contribution in [0.3, 0.4) is 0 Å². The minimum Gasteiger partial charge on any atom is -0.384 e. The van der Waals surface area contributed by atoms with E-state index in [-0.39, 0.29) is 5.56 Å². The van der Waals surface area contributed by atoms with Crippen LogP contribution in [-0.4, -0.2) is 10.1 Å². The molecule has 0 spiro atoms. The first-order chi connectivity index (χ1) is 9.30. The summed E-state index contributed by atoms with van der Waals surface area (Å²) in [6, 6.07) is 3.98. The van der Waals surface area contributed by atoms with Crippen molar-refractivity contribution in [1.82, 2.24) is 4.98 Å². The van der Waals surface area contributed by atoms with Crippen LogP contribution in [0.1, 0.15) is 28.4 Å². The van der Waals surface area contributed by atoms with Gasteiger partial charge in [0, 0.05) is 12.4 Å². The van der Waals surface area contributed by atoms with Crippen molar-refractivity contribution in [2.75, 3.05) is 0 Å². The van der Waals surface area contributed by atoms with E-state index in [1.165, 1.54) is 18.5 Å². The van der Waals surface area contributed by atoms with E-state index in [0.29, 0.717) is 23.3 Å². The molecule has 0 saturated heterocycles. The Kier molecular flexibility index (Phi) is 3.76. The molecule has 6 heteroatoms. The molecule has 2 aromatic rings. The summed E-state index contributed by atoms with van der Waals surface area (Å²) in [5.74, 6) is -1.36. The fourth-order valence-corrected chi connectivity index (χ4v) is 1.90. The molecule has 0 radical (unpaired) electrons. The molecule has 0 amide bonds. The van der Waals surface area contributed by atoms with Crippen molar-refractivity contribution in [2.24, 2.45) is 0 Å². The SMILES string of the molecule is Cc1cnccc1C(O)c1ccc(F)c(C(F)(F)F)c1. The van der Waals surface area contributed by atoms with Crippen LogP contribution in [0.5, 0.6) is 0 Å². The highest BCUT2D eigenvalue weighted by Gasteiger charge is 2.34. The third-order valence-corrected chi connectivity index (χ3v) is 2.97. The number of pyridine rings is 1. The van der Waals surface area contributed by atoms with Crippen molar-refractivity contribution in [2.45, 2.75) is 19.2 Å². The lowest BCUT2D eigenvalue weighted by Gasteiger charge is -2.16. The van der Waals surface area contributed by atoms with Crippen molar-refractivity contribution in [3.63, 3.8) is 0 Å². The van der Waals surface area contributed by atoms with E-state index in [0.717, 1.165) is 6.07 Å². The Morgan fingerprint density at radius 1 is 1.20 bits per heavy atom. The van der Waals surface area contributed by atoms with Gasteiger partial charge in [0.2, 0.25) is 0 Å². The van der Waals surface area contributed by atoms with Crippen LogP contribution in [-0.2, 0) is 6.18 Å². The lowest BCUT2D eigenvalue weighted by molar-refractivity contribution is -0.140. The first kappa shape index (κ1) is 14.5. The van der Waals surface area contributed by atoms with Gasteiger partial charge in [0.15, 0.2) is 0 Å². The van der Waals surface area contributed by atoms with Crippen LogP contribution in [0, 0.1) is 12.7 Å². The van der Waals surface area contributed by atoms with Crippen molar-refractivity contribution in [1.29, 1.82) is 0 Å². The van der Waals surface area contributed by atoms with Gasteiger partial charge >= 0.3 is 6.18 Å². The van der Waals surface area contributed by atoms with E-state index in [2.05, 4.69) is 4.98 Å². The highest BCUT2D eigenvalue weighted by atomic mass is 19.4. The van der Waals surface area contributed by atoms with E-state index in [1.807, 2.05) is 0 Å². The monoisotopic (exact) mass is 285 g/mol. The predicted molar refractivity (Wildman–Crippen MR) is 64.4 cm³/mol. The van der Waals surface area contributed by atoms with E-state index < -0.39 is 23.7 Å². The van der Waals surface area contributed by atoms with Gasteiger partial charge < -0.3 is 5.11 Å². The Morgan fingerprint density at radius 3 is 2.50 bits per heavy atom.